The number of hydrogen-bond acceptors (Lipinski definition) is 2. The molecule has 1 aliphatic rings. The molecule has 0 aromatic carbocycles. The molecule has 1 aromatic heterocycles. The van der Waals surface area contributed by atoms with Gasteiger partial charge in [0.05, 0.1) is 0 Å². The molecule has 0 spiro atoms. The van der Waals surface area contributed by atoms with Gasteiger partial charge in [-0.2, -0.15) is 0 Å². The van der Waals surface area contributed by atoms with Crippen molar-refractivity contribution in [3.8, 4) is 0 Å². The SMILES string of the molecule is NCCC1CCn2c1cccc2=O. The lowest BCUT2D eigenvalue weighted by molar-refractivity contribution is 0.620. The second-order valence-electron chi connectivity index (χ2n) is 3.50. The Kier molecular flexibility index (Phi) is 2.19. The van der Waals surface area contributed by atoms with E-state index in [2.05, 4.69) is 0 Å². The van der Waals surface area contributed by atoms with Crippen molar-refractivity contribution in [1.82, 2.24) is 4.57 Å². The van der Waals surface area contributed by atoms with Gasteiger partial charge >= 0.3 is 0 Å². The van der Waals surface area contributed by atoms with Crippen LogP contribution in [0.3, 0.4) is 0 Å². The fourth-order valence-electron chi connectivity index (χ4n) is 2.06. The molecule has 2 heterocycles. The van der Waals surface area contributed by atoms with Gasteiger partial charge in [0.15, 0.2) is 0 Å². The van der Waals surface area contributed by atoms with Gasteiger partial charge in [0.2, 0.25) is 0 Å². The number of fused-ring (bicyclic) bond motifs is 1. The maximum atomic E-state index is 11.4. The number of nitrogens with two attached hydrogens (primary N) is 1. The predicted octanol–water partition coefficient (Wildman–Crippen LogP) is 0.684. The molecule has 0 radical (unpaired) electrons. The first kappa shape index (κ1) is 8.51. The molecule has 3 nitrogen and oxygen atoms in total. The lowest BCUT2D eigenvalue weighted by Crippen LogP contribution is -2.17. The summed E-state index contributed by atoms with van der Waals surface area (Å²) < 4.78 is 1.86. The zero-order valence-corrected chi connectivity index (χ0v) is 7.57. The first-order chi connectivity index (χ1) is 6.33. The molecule has 0 aliphatic carbocycles. The van der Waals surface area contributed by atoms with E-state index in [9.17, 15) is 4.79 Å². The van der Waals surface area contributed by atoms with Crippen molar-refractivity contribution in [2.24, 2.45) is 5.73 Å². The van der Waals surface area contributed by atoms with Crippen LogP contribution in [0.4, 0.5) is 0 Å². The Balaban J connectivity index is 2.37. The van der Waals surface area contributed by atoms with Crippen LogP contribution < -0.4 is 11.3 Å². The number of nitrogens with zero attached hydrogens (tertiary/aromatic N) is 1. The molecule has 2 N–H and O–H groups in total. The van der Waals surface area contributed by atoms with E-state index in [4.69, 9.17) is 5.73 Å². The monoisotopic (exact) mass is 178 g/mol. The molecule has 1 atom stereocenters. The lowest BCUT2D eigenvalue weighted by Gasteiger charge is -2.08. The smallest absolute Gasteiger partial charge is 0.250 e. The van der Waals surface area contributed by atoms with Crippen LogP contribution >= 0.6 is 0 Å². The van der Waals surface area contributed by atoms with E-state index < -0.39 is 0 Å². The van der Waals surface area contributed by atoms with E-state index >= 15 is 0 Å². The summed E-state index contributed by atoms with van der Waals surface area (Å²) in [6.07, 6.45) is 2.06. The Hall–Kier alpha value is -1.09. The zero-order chi connectivity index (χ0) is 9.26. The van der Waals surface area contributed by atoms with E-state index in [0.717, 1.165) is 25.1 Å². The molecule has 1 aliphatic heterocycles. The highest BCUT2D eigenvalue weighted by atomic mass is 16.1. The van der Waals surface area contributed by atoms with E-state index in [-0.39, 0.29) is 5.56 Å². The standard InChI is InChI=1S/C10H14N2O/c11-6-4-8-5-7-12-9(8)2-1-3-10(12)13/h1-3,8H,4-7,11H2. The molecule has 3 heteroatoms. The summed E-state index contributed by atoms with van der Waals surface area (Å²) in [5, 5.41) is 0. The fraction of sp³-hybridized carbons (Fsp3) is 0.500. The molecule has 1 unspecified atom stereocenters. The molecular weight excluding hydrogens is 164 g/mol. The summed E-state index contributed by atoms with van der Waals surface area (Å²) in [6.45, 7) is 1.56. The van der Waals surface area contributed by atoms with Crippen molar-refractivity contribution in [2.75, 3.05) is 6.54 Å². The van der Waals surface area contributed by atoms with Crippen molar-refractivity contribution >= 4 is 0 Å². The third-order valence-electron chi connectivity index (χ3n) is 2.72. The van der Waals surface area contributed by atoms with Gasteiger partial charge < -0.3 is 10.3 Å². The maximum Gasteiger partial charge on any atom is 0.250 e. The van der Waals surface area contributed by atoms with Gasteiger partial charge in [0.25, 0.3) is 5.56 Å². The minimum absolute atomic E-state index is 0.122. The average molecular weight is 178 g/mol. The number of pyridine rings is 1. The summed E-state index contributed by atoms with van der Waals surface area (Å²) in [6, 6.07) is 5.49. The summed E-state index contributed by atoms with van der Waals surface area (Å²) in [7, 11) is 0. The number of rotatable bonds is 2. The van der Waals surface area contributed by atoms with Crippen LogP contribution in [0.5, 0.6) is 0 Å². The van der Waals surface area contributed by atoms with Crippen LogP contribution in [0.15, 0.2) is 23.0 Å². The second-order valence-corrected chi connectivity index (χ2v) is 3.50. The molecule has 0 saturated carbocycles. The second kappa shape index (κ2) is 3.34. The number of aromatic nitrogens is 1. The van der Waals surface area contributed by atoms with Gasteiger partial charge in [-0.1, -0.05) is 6.07 Å². The average Bonchev–Trinajstić information content (AvgIpc) is 2.51. The highest BCUT2D eigenvalue weighted by molar-refractivity contribution is 5.15. The van der Waals surface area contributed by atoms with Gasteiger partial charge in [-0.3, -0.25) is 4.79 Å². The minimum Gasteiger partial charge on any atom is -0.330 e. The molecule has 1 aromatic rings. The van der Waals surface area contributed by atoms with Crippen LogP contribution in [-0.2, 0) is 6.54 Å². The zero-order valence-electron chi connectivity index (χ0n) is 7.57. The van der Waals surface area contributed by atoms with Crippen LogP contribution in [0.25, 0.3) is 0 Å². The topological polar surface area (TPSA) is 48.0 Å². The molecule has 13 heavy (non-hydrogen) atoms. The first-order valence-electron chi connectivity index (χ1n) is 4.73. The molecule has 0 bridgehead atoms. The molecule has 0 fully saturated rings. The minimum atomic E-state index is 0.122. The Morgan fingerprint density at radius 2 is 2.38 bits per heavy atom. The Morgan fingerprint density at radius 3 is 3.15 bits per heavy atom. The third-order valence-corrected chi connectivity index (χ3v) is 2.72. The van der Waals surface area contributed by atoms with Gasteiger partial charge in [-0.25, -0.2) is 0 Å². The highest BCUT2D eigenvalue weighted by Crippen LogP contribution is 2.28. The highest BCUT2D eigenvalue weighted by Gasteiger charge is 2.21. The summed E-state index contributed by atoms with van der Waals surface area (Å²) in [5.74, 6) is 0.499. The Labute approximate surface area is 77.2 Å². The summed E-state index contributed by atoms with van der Waals surface area (Å²) in [4.78, 5) is 11.4. The molecule has 70 valence electrons. The van der Waals surface area contributed by atoms with Crippen molar-refractivity contribution in [3.63, 3.8) is 0 Å². The third kappa shape index (κ3) is 1.40. The number of hydrogen-bond donors (Lipinski definition) is 1. The van der Waals surface area contributed by atoms with E-state index in [1.807, 2.05) is 16.7 Å². The van der Waals surface area contributed by atoms with Crippen LogP contribution in [0.1, 0.15) is 24.5 Å². The molecule has 2 rings (SSSR count). The summed E-state index contributed by atoms with van der Waals surface area (Å²) in [5.41, 5.74) is 6.80. The van der Waals surface area contributed by atoms with Gasteiger partial charge in [-0.15, -0.1) is 0 Å². The quantitative estimate of drug-likeness (QED) is 0.724. The molecule has 0 saturated heterocycles. The lowest BCUT2D eigenvalue weighted by atomic mass is 10.0. The van der Waals surface area contributed by atoms with Crippen LogP contribution in [0, 0.1) is 0 Å². The molecular formula is C10H14N2O. The molecule has 0 amide bonds. The summed E-state index contributed by atoms with van der Waals surface area (Å²) >= 11 is 0. The van der Waals surface area contributed by atoms with Gasteiger partial charge in [-0.05, 0) is 25.5 Å². The van der Waals surface area contributed by atoms with E-state index in [1.165, 1.54) is 0 Å². The van der Waals surface area contributed by atoms with Crippen LogP contribution in [0.2, 0.25) is 0 Å². The Morgan fingerprint density at radius 1 is 1.54 bits per heavy atom. The first-order valence-corrected chi connectivity index (χ1v) is 4.73. The predicted molar refractivity (Wildman–Crippen MR) is 51.7 cm³/mol. The van der Waals surface area contributed by atoms with E-state index in [0.29, 0.717) is 12.5 Å². The Bertz CT molecular complexity index is 356. The van der Waals surface area contributed by atoms with Crippen molar-refractivity contribution in [3.05, 3.63) is 34.2 Å². The van der Waals surface area contributed by atoms with Crippen molar-refractivity contribution < 1.29 is 0 Å². The normalized spacial score (nSPS) is 20.2. The van der Waals surface area contributed by atoms with Gasteiger partial charge in [0, 0.05) is 24.2 Å². The van der Waals surface area contributed by atoms with Crippen molar-refractivity contribution in [2.45, 2.75) is 25.3 Å². The maximum absolute atomic E-state index is 11.4. The largest absolute Gasteiger partial charge is 0.330 e. The van der Waals surface area contributed by atoms with Crippen LogP contribution in [-0.4, -0.2) is 11.1 Å². The van der Waals surface area contributed by atoms with E-state index in [1.54, 1.807) is 6.07 Å². The van der Waals surface area contributed by atoms with Gasteiger partial charge in [0.1, 0.15) is 0 Å². The fourth-order valence-corrected chi connectivity index (χ4v) is 2.06. The van der Waals surface area contributed by atoms with Crippen molar-refractivity contribution in [1.29, 1.82) is 0 Å².